The highest BCUT2D eigenvalue weighted by atomic mass is 16.3. The van der Waals surface area contributed by atoms with Crippen LogP contribution in [-0.4, -0.2) is 52.8 Å². The summed E-state index contributed by atoms with van der Waals surface area (Å²) < 4.78 is 0. The van der Waals surface area contributed by atoms with Gasteiger partial charge in [0.25, 0.3) is 0 Å². The highest BCUT2D eigenvalue weighted by molar-refractivity contribution is 5.44. The first-order valence-corrected chi connectivity index (χ1v) is 7.69. The van der Waals surface area contributed by atoms with Crippen LogP contribution in [0.25, 0.3) is 0 Å². The van der Waals surface area contributed by atoms with E-state index >= 15 is 0 Å². The minimum absolute atomic E-state index is 0.393. The van der Waals surface area contributed by atoms with Crippen LogP contribution in [-0.2, 0) is 0 Å². The standard InChI is InChI=1S/C14H26N6O/c1-10(2)8-11(21)9-16-13-17-12(15-3)18-14(19-13)20-6-4-5-7-20/h10-11,21H,4-9H2,1-3H3,(H2,15,16,17,18,19). The Morgan fingerprint density at radius 1 is 1.14 bits per heavy atom. The zero-order chi connectivity index (χ0) is 15.2. The lowest BCUT2D eigenvalue weighted by Crippen LogP contribution is -2.25. The number of aromatic nitrogens is 3. The van der Waals surface area contributed by atoms with Crippen LogP contribution >= 0.6 is 0 Å². The van der Waals surface area contributed by atoms with Crippen LogP contribution in [0.1, 0.15) is 33.1 Å². The quantitative estimate of drug-likeness (QED) is 0.699. The third-order valence-corrected chi connectivity index (χ3v) is 3.48. The van der Waals surface area contributed by atoms with E-state index in [4.69, 9.17) is 0 Å². The summed E-state index contributed by atoms with van der Waals surface area (Å²) in [6.07, 6.45) is 2.72. The van der Waals surface area contributed by atoms with E-state index in [-0.39, 0.29) is 0 Å². The maximum atomic E-state index is 9.93. The topological polar surface area (TPSA) is 86.2 Å². The number of hydrogen-bond acceptors (Lipinski definition) is 7. The fraction of sp³-hybridized carbons (Fsp3) is 0.786. The Balaban J connectivity index is 2.02. The van der Waals surface area contributed by atoms with Crippen LogP contribution in [0.2, 0.25) is 0 Å². The molecule has 2 heterocycles. The molecule has 0 spiro atoms. The van der Waals surface area contributed by atoms with Crippen molar-refractivity contribution in [3.05, 3.63) is 0 Å². The SMILES string of the molecule is CNc1nc(NCC(O)CC(C)C)nc(N2CCCC2)n1. The van der Waals surface area contributed by atoms with Crippen molar-refractivity contribution < 1.29 is 5.11 Å². The number of hydrogen-bond donors (Lipinski definition) is 3. The number of nitrogens with zero attached hydrogens (tertiary/aromatic N) is 4. The van der Waals surface area contributed by atoms with Crippen LogP contribution in [0.3, 0.4) is 0 Å². The molecule has 0 saturated carbocycles. The predicted octanol–water partition coefficient (Wildman–Crippen LogP) is 1.33. The molecule has 1 aliphatic rings. The third-order valence-electron chi connectivity index (χ3n) is 3.48. The monoisotopic (exact) mass is 294 g/mol. The second-order valence-electron chi connectivity index (χ2n) is 5.89. The summed E-state index contributed by atoms with van der Waals surface area (Å²) in [5.41, 5.74) is 0. The van der Waals surface area contributed by atoms with E-state index in [0.717, 1.165) is 19.5 Å². The minimum Gasteiger partial charge on any atom is -0.391 e. The van der Waals surface area contributed by atoms with Gasteiger partial charge in [-0.2, -0.15) is 15.0 Å². The van der Waals surface area contributed by atoms with Crippen molar-refractivity contribution in [1.82, 2.24) is 15.0 Å². The molecule has 0 aliphatic carbocycles. The molecule has 7 nitrogen and oxygen atoms in total. The molecule has 1 unspecified atom stereocenters. The molecule has 1 fully saturated rings. The third kappa shape index (κ3) is 4.70. The first-order chi connectivity index (χ1) is 10.1. The largest absolute Gasteiger partial charge is 0.391 e. The van der Waals surface area contributed by atoms with Gasteiger partial charge in [0.15, 0.2) is 0 Å². The molecule has 0 bridgehead atoms. The average Bonchev–Trinajstić information content (AvgIpc) is 2.98. The van der Waals surface area contributed by atoms with Gasteiger partial charge in [0, 0.05) is 26.7 Å². The molecule has 0 radical (unpaired) electrons. The second-order valence-corrected chi connectivity index (χ2v) is 5.89. The average molecular weight is 294 g/mol. The molecule has 1 aliphatic heterocycles. The van der Waals surface area contributed by atoms with Crippen molar-refractivity contribution in [2.45, 2.75) is 39.2 Å². The van der Waals surface area contributed by atoms with Crippen molar-refractivity contribution in [3.63, 3.8) is 0 Å². The molecule has 118 valence electrons. The van der Waals surface area contributed by atoms with Crippen molar-refractivity contribution in [2.75, 3.05) is 42.2 Å². The van der Waals surface area contributed by atoms with E-state index < -0.39 is 6.10 Å². The van der Waals surface area contributed by atoms with E-state index in [1.807, 2.05) is 0 Å². The summed E-state index contributed by atoms with van der Waals surface area (Å²) in [6, 6.07) is 0. The van der Waals surface area contributed by atoms with Crippen LogP contribution in [0, 0.1) is 5.92 Å². The fourth-order valence-electron chi connectivity index (χ4n) is 2.45. The van der Waals surface area contributed by atoms with Gasteiger partial charge in [-0.1, -0.05) is 13.8 Å². The minimum atomic E-state index is -0.393. The summed E-state index contributed by atoms with van der Waals surface area (Å²) in [4.78, 5) is 15.3. The van der Waals surface area contributed by atoms with Crippen molar-refractivity contribution >= 4 is 17.8 Å². The van der Waals surface area contributed by atoms with E-state index in [1.54, 1.807) is 7.05 Å². The first-order valence-electron chi connectivity index (χ1n) is 7.69. The lowest BCUT2D eigenvalue weighted by atomic mass is 10.1. The molecule has 1 atom stereocenters. The Bertz CT molecular complexity index is 447. The van der Waals surface area contributed by atoms with Gasteiger partial charge in [-0.15, -0.1) is 0 Å². The maximum Gasteiger partial charge on any atom is 0.231 e. The van der Waals surface area contributed by atoms with Crippen LogP contribution in [0.4, 0.5) is 17.8 Å². The number of rotatable bonds is 7. The molecular weight excluding hydrogens is 268 g/mol. The molecule has 1 saturated heterocycles. The van der Waals surface area contributed by atoms with Gasteiger partial charge in [0.1, 0.15) is 0 Å². The zero-order valence-corrected chi connectivity index (χ0v) is 13.1. The summed E-state index contributed by atoms with van der Waals surface area (Å²) in [5, 5.41) is 16.0. The van der Waals surface area contributed by atoms with Gasteiger partial charge in [-0.05, 0) is 25.2 Å². The zero-order valence-electron chi connectivity index (χ0n) is 13.1. The van der Waals surface area contributed by atoms with Crippen molar-refractivity contribution in [1.29, 1.82) is 0 Å². The lowest BCUT2D eigenvalue weighted by Gasteiger charge is -2.18. The van der Waals surface area contributed by atoms with Crippen molar-refractivity contribution in [3.8, 4) is 0 Å². The van der Waals surface area contributed by atoms with Gasteiger partial charge in [-0.25, -0.2) is 0 Å². The molecule has 7 heteroatoms. The highest BCUT2D eigenvalue weighted by Crippen LogP contribution is 2.18. The first kappa shape index (κ1) is 15.8. The molecule has 1 aromatic heterocycles. The highest BCUT2D eigenvalue weighted by Gasteiger charge is 2.17. The van der Waals surface area contributed by atoms with Crippen LogP contribution in [0.15, 0.2) is 0 Å². The predicted molar refractivity (Wildman–Crippen MR) is 84.8 cm³/mol. The molecular formula is C14H26N6O. The lowest BCUT2D eigenvalue weighted by molar-refractivity contribution is 0.161. The van der Waals surface area contributed by atoms with Crippen molar-refractivity contribution in [2.24, 2.45) is 5.92 Å². The number of aliphatic hydroxyl groups excluding tert-OH is 1. The van der Waals surface area contributed by atoms with Gasteiger partial charge >= 0.3 is 0 Å². The summed E-state index contributed by atoms with van der Waals surface area (Å²) in [6.45, 7) is 6.61. The summed E-state index contributed by atoms with van der Waals surface area (Å²) >= 11 is 0. The maximum absolute atomic E-state index is 9.93. The number of nitrogens with one attached hydrogen (secondary N) is 2. The Morgan fingerprint density at radius 3 is 2.43 bits per heavy atom. The van der Waals surface area contributed by atoms with E-state index in [1.165, 1.54) is 12.8 Å². The molecule has 0 aromatic carbocycles. The van der Waals surface area contributed by atoms with Gasteiger partial charge in [0.2, 0.25) is 17.8 Å². The molecule has 3 N–H and O–H groups in total. The van der Waals surface area contributed by atoms with Crippen LogP contribution in [0.5, 0.6) is 0 Å². The van der Waals surface area contributed by atoms with Gasteiger partial charge < -0.3 is 20.6 Å². The van der Waals surface area contributed by atoms with Gasteiger partial charge in [-0.3, -0.25) is 0 Å². The van der Waals surface area contributed by atoms with Crippen LogP contribution < -0.4 is 15.5 Å². The van der Waals surface area contributed by atoms with E-state index in [2.05, 4.69) is 44.3 Å². The Morgan fingerprint density at radius 2 is 1.81 bits per heavy atom. The Labute approximate surface area is 126 Å². The Hall–Kier alpha value is -1.63. The summed E-state index contributed by atoms with van der Waals surface area (Å²) in [5.74, 6) is 2.23. The molecule has 1 aromatic rings. The van der Waals surface area contributed by atoms with Gasteiger partial charge in [0.05, 0.1) is 6.10 Å². The molecule has 0 amide bonds. The summed E-state index contributed by atoms with van der Waals surface area (Å²) in [7, 11) is 1.79. The second kappa shape index (κ2) is 7.40. The van der Waals surface area contributed by atoms with E-state index in [0.29, 0.717) is 30.3 Å². The molecule has 21 heavy (non-hydrogen) atoms. The number of aliphatic hydroxyl groups is 1. The normalized spacial score (nSPS) is 16.3. The fourth-order valence-corrected chi connectivity index (χ4v) is 2.45. The van der Waals surface area contributed by atoms with E-state index in [9.17, 15) is 5.11 Å². The number of anilines is 3. The Kier molecular flexibility index (Phi) is 5.55. The smallest absolute Gasteiger partial charge is 0.231 e. The molecule has 2 rings (SSSR count).